The van der Waals surface area contributed by atoms with E-state index in [0.29, 0.717) is 11.0 Å². The van der Waals surface area contributed by atoms with Gasteiger partial charge in [-0.15, -0.1) is 0 Å². The molecule has 0 spiro atoms. The standard InChI is InChI=1S/C14H18O2S/c15-14(16)13(11-6-2-1-3-7-11)10-17-12-8-4-5-9-12/h1-3,6-7,12-13H,4-5,8-10H2,(H,15,16). The molecule has 1 unspecified atom stereocenters. The molecule has 3 heteroatoms. The van der Waals surface area contributed by atoms with Crippen LogP contribution >= 0.6 is 11.8 Å². The summed E-state index contributed by atoms with van der Waals surface area (Å²) in [7, 11) is 0. The molecule has 1 aliphatic rings. The Labute approximate surface area is 106 Å². The second-order valence-corrected chi connectivity index (χ2v) is 5.87. The van der Waals surface area contributed by atoms with Gasteiger partial charge in [-0.2, -0.15) is 11.8 Å². The van der Waals surface area contributed by atoms with Crippen molar-refractivity contribution in [2.24, 2.45) is 0 Å². The quantitative estimate of drug-likeness (QED) is 0.868. The summed E-state index contributed by atoms with van der Waals surface area (Å²) < 4.78 is 0. The van der Waals surface area contributed by atoms with Crippen molar-refractivity contribution in [3.63, 3.8) is 0 Å². The SMILES string of the molecule is O=C(O)C(CSC1CCCC1)c1ccccc1. The summed E-state index contributed by atoms with van der Waals surface area (Å²) in [5, 5.41) is 9.97. The van der Waals surface area contributed by atoms with Crippen LogP contribution in [0, 0.1) is 0 Å². The van der Waals surface area contributed by atoms with Gasteiger partial charge in [0.1, 0.15) is 0 Å². The van der Waals surface area contributed by atoms with E-state index in [2.05, 4.69) is 0 Å². The van der Waals surface area contributed by atoms with E-state index in [9.17, 15) is 9.90 Å². The van der Waals surface area contributed by atoms with E-state index in [1.807, 2.05) is 42.1 Å². The molecule has 1 saturated carbocycles. The molecule has 0 aromatic heterocycles. The topological polar surface area (TPSA) is 37.3 Å². The summed E-state index contributed by atoms with van der Waals surface area (Å²) in [4.78, 5) is 11.3. The first-order valence-corrected chi connectivity index (χ1v) is 7.21. The van der Waals surface area contributed by atoms with Crippen molar-refractivity contribution in [2.45, 2.75) is 36.9 Å². The maximum atomic E-state index is 11.3. The van der Waals surface area contributed by atoms with Crippen molar-refractivity contribution in [2.75, 3.05) is 5.75 Å². The van der Waals surface area contributed by atoms with Crippen LogP contribution in [0.15, 0.2) is 30.3 Å². The highest BCUT2D eigenvalue weighted by atomic mass is 32.2. The van der Waals surface area contributed by atoms with Gasteiger partial charge in [0.25, 0.3) is 0 Å². The average molecular weight is 250 g/mol. The van der Waals surface area contributed by atoms with Gasteiger partial charge >= 0.3 is 5.97 Å². The second-order valence-electron chi connectivity index (χ2n) is 4.54. The van der Waals surface area contributed by atoms with Crippen molar-refractivity contribution in [3.05, 3.63) is 35.9 Å². The first kappa shape index (κ1) is 12.5. The highest BCUT2D eigenvalue weighted by molar-refractivity contribution is 7.99. The largest absolute Gasteiger partial charge is 0.481 e. The zero-order chi connectivity index (χ0) is 12.1. The average Bonchev–Trinajstić information content (AvgIpc) is 2.83. The molecule has 2 nitrogen and oxygen atoms in total. The summed E-state index contributed by atoms with van der Waals surface area (Å²) >= 11 is 1.83. The van der Waals surface area contributed by atoms with Gasteiger partial charge < -0.3 is 5.11 Å². The maximum Gasteiger partial charge on any atom is 0.311 e. The first-order valence-electron chi connectivity index (χ1n) is 6.16. The van der Waals surface area contributed by atoms with E-state index in [-0.39, 0.29) is 5.92 Å². The van der Waals surface area contributed by atoms with Crippen LogP contribution in [0.1, 0.15) is 37.2 Å². The van der Waals surface area contributed by atoms with E-state index in [0.717, 1.165) is 5.56 Å². The zero-order valence-electron chi connectivity index (χ0n) is 9.84. The predicted octanol–water partition coefficient (Wildman–Crippen LogP) is 3.53. The molecule has 0 radical (unpaired) electrons. The molecular weight excluding hydrogens is 232 g/mol. The smallest absolute Gasteiger partial charge is 0.311 e. The second kappa shape index (κ2) is 6.10. The highest BCUT2D eigenvalue weighted by Gasteiger charge is 2.23. The Kier molecular flexibility index (Phi) is 4.49. The van der Waals surface area contributed by atoms with Gasteiger partial charge in [0.2, 0.25) is 0 Å². The van der Waals surface area contributed by atoms with E-state index >= 15 is 0 Å². The summed E-state index contributed by atoms with van der Waals surface area (Å²) in [6, 6.07) is 9.56. The molecular formula is C14H18O2S. The van der Waals surface area contributed by atoms with Crippen LogP contribution in [-0.2, 0) is 4.79 Å². The highest BCUT2D eigenvalue weighted by Crippen LogP contribution is 2.32. The van der Waals surface area contributed by atoms with Gasteiger partial charge in [0.05, 0.1) is 5.92 Å². The van der Waals surface area contributed by atoms with Crippen LogP contribution in [0.4, 0.5) is 0 Å². The number of hydrogen-bond acceptors (Lipinski definition) is 2. The number of carboxylic acids is 1. The summed E-state index contributed by atoms with van der Waals surface area (Å²) in [5.41, 5.74) is 0.922. The predicted molar refractivity (Wildman–Crippen MR) is 71.5 cm³/mol. The Hall–Kier alpha value is -0.960. The van der Waals surface area contributed by atoms with Crippen molar-refractivity contribution in [1.82, 2.24) is 0 Å². The number of rotatable bonds is 5. The van der Waals surface area contributed by atoms with Gasteiger partial charge in [0.15, 0.2) is 0 Å². The molecule has 0 amide bonds. The number of benzene rings is 1. The van der Waals surface area contributed by atoms with Crippen LogP contribution < -0.4 is 0 Å². The lowest BCUT2D eigenvalue weighted by Crippen LogP contribution is -2.15. The normalized spacial score (nSPS) is 18.1. The van der Waals surface area contributed by atoms with Crippen LogP contribution in [0.3, 0.4) is 0 Å². The number of thioether (sulfide) groups is 1. The minimum Gasteiger partial charge on any atom is -0.481 e. The van der Waals surface area contributed by atoms with Crippen molar-refractivity contribution in [3.8, 4) is 0 Å². The molecule has 1 fully saturated rings. The number of carbonyl (C=O) groups is 1. The Bertz CT molecular complexity index is 358. The fourth-order valence-electron chi connectivity index (χ4n) is 2.28. The van der Waals surface area contributed by atoms with Crippen LogP contribution in [0.25, 0.3) is 0 Å². The molecule has 1 atom stereocenters. The van der Waals surface area contributed by atoms with E-state index in [1.54, 1.807) is 0 Å². The van der Waals surface area contributed by atoms with Gasteiger partial charge in [-0.3, -0.25) is 4.79 Å². The molecule has 0 aliphatic heterocycles. The lowest BCUT2D eigenvalue weighted by molar-refractivity contribution is -0.138. The third-order valence-electron chi connectivity index (χ3n) is 3.30. The molecule has 2 rings (SSSR count). The third kappa shape index (κ3) is 3.50. The van der Waals surface area contributed by atoms with Crippen molar-refractivity contribution >= 4 is 17.7 Å². The van der Waals surface area contributed by atoms with Gasteiger partial charge in [-0.05, 0) is 18.4 Å². The summed E-state index contributed by atoms with van der Waals surface area (Å²) in [5.74, 6) is -0.368. The lowest BCUT2D eigenvalue weighted by Gasteiger charge is -2.15. The third-order valence-corrected chi connectivity index (χ3v) is 4.77. The van der Waals surface area contributed by atoms with E-state index in [4.69, 9.17) is 0 Å². The Morgan fingerprint density at radius 2 is 1.94 bits per heavy atom. The van der Waals surface area contributed by atoms with Gasteiger partial charge in [-0.25, -0.2) is 0 Å². The van der Waals surface area contributed by atoms with Crippen LogP contribution in [0.2, 0.25) is 0 Å². The van der Waals surface area contributed by atoms with Crippen molar-refractivity contribution < 1.29 is 9.90 Å². The van der Waals surface area contributed by atoms with E-state index in [1.165, 1.54) is 25.7 Å². The lowest BCUT2D eigenvalue weighted by atomic mass is 10.0. The fourth-order valence-corrected chi connectivity index (χ4v) is 3.75. The number of carboxylic acid groups (broad SMARTS) is 1. The summed E-state index contributed by atoms with van der Waals surface area (Å²) in [6.45, 7) is 0. The Morgan fingerprint density at radius 3 is 2.53 bits per heavy atom. The molecule has 1 aromatic carbocycles. The Morgan fingerprint density at radius 1 is 1.29 bits per heavy atom. The molecule has 0 bridgehead atoms. The van der Waals surface area contributed by atoms with Crippen LogP contribution in [0.5, 0.6) is 0 Å². The minimum atomic E-state index is -0.707. The van der Waals surface area contributed by atoms with Gasteiger partial charge in [0, 0.05) is 11.0 Å². The van der Waals surface area contributed by atoms with Crippen molar-refractivity contribution in [1.29, 1.82) is 0 Å². The van der Waals surface area contributed by atoms with E-state index < -0.39 is 5.97 Å². The fraction of sp³-hybridized carbons (Fsp3) is 0.500. The monoisotopic (exact) mass is 250 g/mol. The Balaban J connectivity index is 1.95. The van der Waals surface area contributed by atoms with Gasteiger partial charge in [-0.1, -0.05) is 43.2 Å². The molecule has 17 heavy (non-hydrogen) atoms. The number of aliphatic carboxylic acids is 1. The maximum absolute atomic E-state index is 11.3. The zero-order valence-corrected chi connectivity index (χ0v) is 10.7. The molecule has 1 N–H and O–H groups in total. The number of hydrogen-bond donors (Lipinski definition) is 1. The molecule has 0 saturated heterocycles. The summed E-state index contributed by atoms with van der Waals surface area (Å²) in [6.07, 6.45) is 5.12. The molecule has 0 heterocycles. The van der Waals surface area contributed by atoms with Crippen LogP contribution in [-0.4, -0.2) is 22.1 Å². The molecule has 1 aromatic rings. The molecule has 92 valence electrons. The molecule has 1 aliphatic carbocycles. The minimum absolute atomic E-state index is 0.359. The first-order chi connectivity index (χ1) is 8.27.